The molecule has 10 heteroatoms. The minimum absolute atomic E-state index is 0.0925. The van der Waals surface area contributed by atoms with Gasteiger partial charge in [-0.3, -0.25) is 10.1 Å². The predicted molar refractivity (Wildman–Crippen MR) is 175 cm³/mol. The summed E-state index contributed by atoms with van der Waals surface area (Å²) in [4.78, 5) is 23.2. The molecule has 1 amide bonds. The van der Waals surface area contributed by atoms with Gasteiger partial charge in [0.05, 0.1) is 48.7 Å². The average Bonchev–Trinajstić information content (AvgIpc) is 3.83. The minimum atomic E-state index is 0.0925. The lowest BCUT2D eigenvalue weighted by molar-refractivity contribution is -0.126. The van der Waals surface area contributed by atoms with Crippen LogP contribution in [0.15, 0.2) is 90.7 Å². The maximum absolute atomic E-state index is 12.1. The number of nitrogens with two attached hydrogens (primary N) is 1. The Morgan fingerprint density at radius 2 is 1.86 bits per heavy atom. The Morgan fingerprint density at radius 1 is 1.02 bits per heavy atom. The van der Waals surface area contributed by atoms with Gasteiger partial charge in [-0.2, -0.15) is 0 Å². The molecule has 6 rings (SSSR count). The maximum atomic E-state index is 12.1. The number of nitrogens with one attached hydrogen (secondary N) is 2. The Bertz CT molecular complexity index is 1670. The summed E-state index contributed by atoms with van der Waals surface area (Å²) < 4.78 is 8.39. The van der Waals surface area contributed by atoms with Crippen molar-refractivity contribution >= 4 is 17.2 Å². The number of carbonyl (C=O) groups is 1. The van der Waals surface area contributed by atoms with E-state index in [1.54, 1.807) is 22.6 Å². The Balaban J connectivity index is 1.18. The fraction of sp³-hybridized carbons (Fsp3) is 0.265. The second-order valence-corrected chi connectivity index (χ2v) is 11.6. The first-order valence-electron chi connectivity index (χ1n) is 14.9. The van der Waals surface area contributed by atoms with Crippen LogP contribution in [0.25, 0.3) is 27.4 Å². The lowest BCUT2D eigenvalue weighted by Gasteiger charge is -2.17. The molecule has 0 spiro atoms. The molecule has 1 fully saturated rings. The summed E-state index contributed by atoms with van der Waals surface area (Å²) in [7, 11) is 0. The van der Waals surface area contributed by atoms with Gasteiger partial charge in [-0.25, -0.2) is 9.97 Å². The number of imidazole rings is 1. The summed E-state index contributed by atoms with van der Waals surface area (Å²) in [6, 6.07) is 25.4. The molecule has 1 aliphatic heterocycles. The van der Waals surface area contributed by atoms with Gasteiger partial charge in [-0.15, -0.1) is 11.3 Å². The first kappa shape index (κ1) is 29.7. The Morgan fingerprint density at radius 3 is 2.66 bits per heavy atom. The molecule has 0 saturated carbocycles. The van der Waals surface area contributed by atoms with Crippen molar-refractivity contribution in [1.29, 1.82) is 0 Å². The van der Waals surface area contributed by atoms with Gasteiger partial charge in [0.2, 0.25) is 5.91 Å². The van der Waals surface area contributed by atoms with Crippen molar-refractivity contribution < 1.29 is 9.53 Å². The van der Waals surface area contributed by atoms with Crippen molar-refractivity contribution in [1.82, 2.24) is 30.1 Å². The molecule has 2 aromatic heterocycles. The molecule has 226 valence electrons. The highest BCUT2D eigenvalue weighted by atomic mass is 32.1. The van der Waals surface area contributed by atoms with Crippen LogP contribution >= 0.6 is 11.3 Å². The van der Waals surface area contributed by atoms with Crippen molar-refractivity contribution in [3.8, 4) is 33.1 Å². The van der Waals surface area contributed by atoms with Crippen molar-refractivity contribution in [3.63, 3.8) is 0 Å². The van der Waals surface area contributed by atoms with Gasteiger partial charge in [-0.1, -0.05) is 54.6 Å². The first-order chi connectivity index (χ1) is 21.7. The maximum Gasteiger partial charge on any atom is 0.237 e. The summed E-state index contributed by atoms with van der Waals surface area (Å²) in [6.07, 6.45) is 5.43. The van der Waals surface area contributed by atoms with E-state index >= 15 is 0 Å². The SMILES string of the molecule is NCCNCc1cncn1-c1ccc(-c2nc(CCc3ccc(-c4ccccc4)cc3)cs2)c(OCCN2CNCC2=O)c1. The van der Waals surface area contributed by atoms with Crippen LogP contribution < -0.4 is 21.1 Å². The second kappa shape index (κ2) is 14.4. The predicted octanol–water partition coefficient (Wildman–Crippen LogP) is 4.26. The number of rotatable bonds is 14. The lowest BCUT2D eigenvalue weighted by atomic mass is 10.0. The summed E-state index contributed by atoms with van der Waals surface area (Å²) in [6.45, 7) is 3.79. The van der Waals surface area contributed by atoms with Gasteiger partial charge < -0.3 is 25.3 Å². The molecule has 3 heterocycles. The minimum Gasteiger partial charge on any atom is -0.491 e. The number of carbonyl (C=O) groups excluding carboxylic acids is 1. The van der Waals surface area contributed by atoms with Crippen LogP contribution in [-0.2, 0) is 24.2 Å². The van der Waals surface area contributed by atoms with Gasteiger partial charge >= 0.3 is 0 Å². The molecule has 1 aliphatic rings. The Hall–Kier alpha value is -4.35. The van der Waals surface area contributed by atoms with E-state index in [1.807, 2.05) is 22.9 Å². The molecule has 4 N–H and O–H groups in total. The van der Waals surface area contributed by atoms with Gasteiger partial charge in [-0.05, 0) is 41.7 Å². The van der Waals surface area contributed by atoms with E-state index in [9.17, 15) is 4.79 Å². The fourth-order valence-electron chi connectivity index (χ4n) is 5.24. The van der Waals surface area contributed by atoms with Crippen molar-refractivity contribution in [2.45, 2.75) is 19.4 Å². The summed E-state index contributed by atoms with van der Waals surface area (Å²) in [5.41, 5.74) is 13.4. The third-order valence-electron chi connectivity index (χ3n) is 7.65. The third-order valence-corrected chi connectivity index (χ3v) is 8.57. The Labute approximate surface area is 261 Å². The van der Waals surface area contributed by atoms with E-state index in [2.05, 4.69) is 81.7 Å². The number of amides is 1. The molecule has 0 aliphatic carbocycles. The van der Waals surface area contributed by atoms with E-state index in [0.717, 1.165) is 52.8 Å². The number of hydrogen-bond acceptors (Lipinski definition) is 8. The zero-order chi connectivity index (χ0) is 30.1. The average molecular weight is 608 g/mol. The van der Waals surface area contributed by atoms with Crippen LogP contribution in [0.3, 0.4) is 0 Å². The molecular formula is C34H37N7O2S. The van der Waals surface area contributed by atoms with Crippen molar-refractivity contribution in [2.75, 3.05) is 39.5 Å². The quantitative estimate of drug-likeness (QED) is 0.162. The highest BCUT2D eigenvalue weighted by Gasteiger charge is 2.20. The summed E-state index contributed by atoms with van der Waals surface area (Å²) >= 11 is 1.62. The van der Waals surface area contributed by atoms with E-state index in [-0.39, 0.29) is 5.91 Å². The van der Waals surface area contributed by atoms with Gasteiger partial charge in [0, 0.05) is 37.3 Å². The molecule has 5 aromatic rings. The van der Waals surface area contributed by atoms with E-state index in [4.69, 9.17) is 15.5 Å². The van der Waals surface area contributed by atoms with E-state index in [0.29, 0.717) is 39.5 Å². The third kappa shape index (κ3) is 7.23. The zero-order valence-electron chi connectivity index (χ0n) is 24.6. The number of ether oxygens (including phenoxy) is 1. The number of hydrogen-bond donors (Lipinski definition) is 3. The number of benzene rings is 3. The molecule has 44 heavy (non-hydrogen) atoms. The first-order valence-corrected chi connectivity index (χ1v) is 15.8. The molecule has 0 bridgehead atoms. The molecule has 3 aromatic carbocycles. The van der Waals surface area contributed by atoms with E-state index in [1.165, 1.54) is 16.7 Å². The second-order valence-electron chi connectivity index (χ2n) is 10.7. The molecule has 9 nitrogen and oxygen atoms in total. The topological polar surface area (TPSA) is 110 Å². The zero-order valence-corrected chi connectivity index (χ0v) is 25.4. The van der Waals surface area contributed by atoms with Crippen LogP contribution in [0.4, 0.5) is 0 Å². The van der Waals surface area contributed by atoms with Crippen molar-refractivity contribution in [2.24, 2.45) is 5.73 Å². The fourth-order valence-corrected chi connectivity index (χ4v) is 6.12. The lowest BCUT2D eigenvalue weighted by Crippen LogP contribution is -2.30. The van der Waals surface area contributed by atoms with Gasteiger partial charge in [0.1, 0.15) is 17.4 Å². The number of aryl methyl sites for hydroxylation is 2. The van der Waals surface area contributed by atoms with Crippen LogP contribution in [0, 0.1) is 0 Å². The smallest absolute Gasteiger partial charge is 0.237 e. The molecule has 0 radical (unpaired) electrons. The Kier molecular flexibility index (Phi) is 9.73. The number of thiazole rings is 1. The van der Waals surface area contributed by atoms with Crippen molar-refractivity contribution in [3.05, 3.63) is 108 Å². The van der Waals surface area contributed by atoms with Crippen LogP contribution in [0.5, 0.6) is 5.75 Å². The number of nitrogens with zero attached hydrogens (tertiary/aromatic N) is 4. The van der Waals surface area contributed by atoms with Crippen LogP contribution in [-0.4, -0.2) is 64.8 Å². The van der Waals surface area contributed by atoms with Gasteiger partial charge in [0.25, 0.3) is 0 Å². The van der Waals surface area contributed by atoms with E-state index < -0.39 is 0 Å². The molecular weight excluding hydrogens is 570 g/mol. The summed E-state index contributed by atoms with van der Waals surface area (Å²) in [5, 5.41) is 9.47. The van der Waals surface area contributed by atoms with Crippen LogP contribution in [0.2, 0.25) is 0 Å². The summed E-state index contributed by atoms with van der Waals surface area (Å²) in [5.74, 6) is 0.823. The molecule has 0 atom stereocenters. The normalized spacial score (nSPS) is 13.1. The molecule has 0 unspecified atom stereocenters. The number of aromatic nitrogens is 3. The highest BCUT2D eigenvalue weighted by molar-refractivity contribution is 7.13. The molecule has 1 saturated heterocycles. The van der Waals surface area contributed by atoms with Gasteiger partial charge in [0.15, 0.2) is 0 Å². The highest BCUT2D eigenvalue weighted by Crippen LogP contribution is 2.35. The monoisotopic (exact) mass is 607 g/mol. The standard InChI is InChI=1S/C34H37N7O2S/c35-14-15-36-19-30-20-37-24-41(30)29-12-13-31(32(18-29)43-17-16-40-23-38-21-33(40)42)34-39-28(22-44-34)11-8-25-6-9-27(10-7-25)26-4-2-1-3-5-26/h1-7,9-10,12-13,18,20,22,24,36,38H,8,11,14-17,19,21,23,35H2. The largest absolute Gasteiger partial charge is 0.491 e. The van der Waals surface area contributed by atoms with Crippen LogP contribution in [0.1, 0.15) is 17.0 Å².